The molecule has 0 fully saturated rings. The number of thioether (sulfide) groups is 1. The highest BCUT2D eigenvalue weighted by Crippen LogP contribution is 2.40. The van der Waals surface area contributed by atoms with Crippen molar-refractivity contribution < 1.29 is 24.2 Å². The number of carbonyl (C=O) groups excluding carboxylic acids is 2. The number of rotatable bonds is 7. The Morgan fingerprint density at radius 3 is 2.41 bits per heavy atom. The summed E-state index contributed by atoms with van der Waals surface area (Å²) in [6, 6.07) is 22.6. The maximum atomic E-state index is 12.9. The molecule has 1 N–H and O–H groups in total. The molecule has 188 valence electrons. The number of aliphatic imine (C=N–C) groups is 1. The van der Waals surface area contributed by atoms with E-state index >= 15 is 0 Å². The largest absolute Gasteiger partial charge is 0.506 e. The first-order valence-electron chi connectivity index (χ1n) is 11.8. The third kappa shape index (κ3) is 6.19. The van der Waals surface area contributed by atoms with E-state index in [1.54, 1.807) is 25.1 Å². The molecular formula is C30H27NO5S. The molecule has 0 bridgehead atoms. The molecule has 1 aliphatic rings. The van der Waals surface area contributed by atoms with Crippen molar-refractivity contribution in [3.05, 3.63) is 117 Å². The Morgan fingerprint density at radius 2 is 1.68 bits per heavy atom. The minimum absolute atomic E-state index is 0.0912. The topological polar surface area (TPSA) is 85.2 Å². The third-order valence-electron chi connectivity index (χ3n) is 5.67. The molecule has 0 saturated heterocycles. The zero-order valence-electron chi connectivity index (χ0n) is 20.9. The Labute approximate surface area is 220 Å². The van der Waals surface area contributed by atoms with E-state index < -0.39 is 11.9 Å². The molecule has 0 radical (unpaired) electrons. The molecule has 37 heavy (non-hydrogen) atoms. The normalized spacial score (nSPS) is 15.3. The Morgan fingerprint density at radius 1 is 0.973 bits per heavy atom. The second kappa shape index (κ2) is 11.8. The van der Waals surface area contributed by atoms with Crippen molar-refractivity contribution in [3.63, 3.8) is 0 Å². The van der Waals surface area contributed by atoms with E-state index in [0.717, 1.165) is 22.9 Å². The first kappa shape index (κ1) is 26.0. The van der Waals surface area contributed by atoms with Gasteiger partial charge in [-0.1, -0.05) is 78.0 Å². The summed E-state index contributed by atoms with van der Waals surface area (Å²) in [7, 11) is 0. The number of aliphatic hydroxyl groups excluding tert-OH is 1. The zero-order valence-corrected chi connectivity index (χ0v) is 21.7. The average Bonchev–Trinajstić information content (AvgIpc) is 3.19. The van der Waals surface area contributed by atoms with E-state index in [-0.39, 0.29) is 23.0 Å². The standard InChI is InChI=1S/C30H27NO5S/c1-4-35-30(34)26-27(32)25(37-29(26)31-28(33)23-11-7-5-9-20(23)3)17-22-10-6-8-12-24(22)36-18-21-15-13-19(2)14-16-21/h5-17,32H,4,18H2,1-3H3/b25-17-,31-29?. The van der Waals surface area contributed by atoms with Crippen molar-refractivity contribution >= 4 is 34.8 Å². The van der Waals surface area contributed by atoms with Gasteiger partial charge in [0.2, 0.25) is 0 Å². The van der Waals surface area contributed by atoms with Gasteiger partial charge in [0.25, 0.3) is 5.91 Å². The summed E-state index contributed by atoms with van der Waals surface area (Å²) in [5.41, 5.74) is 3.97. The van der Waals surface area contributed by atoms with E-state index in [4.69, 9.17) is 9.47 Å². The van der Waals surface area contributed by atoms with Crippen LogP contribution in [-0.4, -0.2) is 28.6 Å². The van der Waals surface area contributed by atoms with Crippen LogP contribution in [0.15, 0.2) is 94.0 Å². The van der Waals surface area contributed by atoms with Crippen molar-refractivity contribution in [2.24, 2.45) is 4.99 Å². The lowest BCUT2D eigenvalue weighted by Gasteiger charge is -2.10. The lowest BCUT2D eigenvalue weighted by Crippen LogP contribution is -2.14. The van der Waals surface area contributed by atoms with Crippen LogP contribution >= 0.6 is 11.8 Å². The highest BCUT2D eigenvalue weighted by molar-refractivity contribution is 8.18. The smallest absolute Gasteiger partial charge is 0.344 e. The molecule has 1 aliphatic heterocycles. The first-order valence-corrected chi connectivity index (χ1v) is 12.7. The van der Waals surface area contributed by atoms with Crippen molar-refractivity contribution in [1.82, 2.24) is 0 Å². The predicted octanol–water partition coefficient (Wildman–Crippen LogP) is 6.58. The van der Waals surface area contributed by atoms with Crippen molar-refractivity contribution in [3.8, 4) is 5.75 Å². The van der Waals surface area contributed by atoms with E-state index in [1.165, 1.54) is 5.56 Å². The maximum Gasteiger partial charge on any atom is 0.344 e. The fraction of sp³-hybridized carbons (Fsp3) is 0.167. The first-order chi connectivity index (χ1) is 17.9. The zero-order chi connectivity index (χ0) is 26.4. The fourth-order valence-electron chi connectivity index (χ4n) is 3.67. The highest BCUT2D eigenvalue weighted by Gasteiger charge is 2.34. The van der Waals surface area contributed by atoms with Gasteiger partial charge in [-0.25, -0.2) is 9.79 Å². The SMILES string of the molecule is CCOC(=O)C1=C(O)/C(=C/c2ccccc2OCc2ccc(C)cc2)SC1=NC(=O)c1ccccc1C. The van der Waals surface area contributed by atoms with Gasteiger partial charge in [-0.15, -0.1) is 0 Å². The monoisotopic (exact) mass is 513 g/mol. The van der Waals surface area contributed by atoms with E-state index in [1.807, 2.05) is 74.5 Å². The molecule has 1 amide bonds. The molecule has 3 aromatic rings. The minimum atomic E-state index is -0.740. The number of carbonyl (C=O) groups is 2. The summed E-state index contributed by atoms with van der Waals surface area (Å²) in [4.78, 5) is 30.2. The Bertz CT molecular complexity index is 1420. The summed E-state index contributed by atoms with van der Waals surface area (Å²) in [5, 5.41) is 11.1. The summed E-state index contributed by atoms with van der Waals surface area (Å²) < 4.78 is 11.2. The van der Waals surface area contributed by atoms with Gasteiger partial charge in [0.15, 0.2) is 0 Å². The fourth-order valence-corrected chi connectivity index (χ4v) is 4.68. The summed E-state index contributed by atoms with van der Waals surface area (Å²) in [6.07, 6.45) is 1.71. The summed E-state index contributed by atoms with van der Waals surface area (Å²) in [5.74, 6) is -0.912. The third-order valence-corrected chi connectivity index (χ3v) is 6.69. The van der Waals surface area contributed by atoms with E-state index in [0.29, 0.717) is 28.4 Å². The minimum Gasteiger partial charge on any atom is -0.506 e. The number of amides is 1. The van der Waals surface area contributed by atoms with Crippen LogP contribution in [0.4, 0.5) is 0 Å². The number of hydrogen-bond acceptors (Lipinski definition) is 6. The van der Waals surface area contributed by atoms with Gasteiger partial charge in [-0.2, -0.15) is 0 Å². The molecule has 0 aromatic heterocycles. The number of benzene rings is 3. The van der Waals surface area contributed by atoms with Gasteiger partial charge in [0, 0.05) is 11.1 Å². The van der Waals surface area contributed by atoms with Gasteiger partial charge < -0.3 is 14.6 Å². The molecule has 0 aliphatic carbocycles. The van der Waals surface area contributed by atoms with Crippen molar-refractivity contribution in [2.75, 3.05) is 6.61 Å². The molecule has 0 saturated carbocycles. The van der Waals surface area contributed by atoms with Crippen LogP contribution in [-0.2, 0) is 16.1 Å². The molecule has 7 heteroatoms. The lowest BCUT2D eigenvalue weighted by molar-refractivity contribution is -0.138. The quantitative estimate of drug-likeness (QED) is 0.359. The lowest BCUT2D eigenvalue weighted by atomic mass is 10.1. The van der Waals surface area contributed by atoms with Crippen LogP contribution < -0.4 is 4.74 Å². The molecule has 0 atom stereocenters. The second-order valence-corrected chi connectivity index (χ2v) is 9.43. The van der Waals surface area contributed by atoms with Gasteiger partial charge in [-0.05, 0) is 50.1 Å². The van der Waals surface area contributed by atoms with Gasteiger partial charge in [0.05, 0.1) is 11.5 Å². The van der Waals surface area contributed by atoms with Gasteiger partial charge in [0.1, 0.15) is 28.7 Å². The van der Waals surface area contributed by atoms with Crippen LogP contribution in [0.2, 0.25) is 0 Å². The van der Waals surface area contributed by atoms with Crippen LogP contribution in [0.3, 0.4) is 0 Å². The molecule has 0 spiro atoms. The molecular weight excluding hydrogens is 486 g/mol. The number of hydrogen-bond donors (Lipinski definition) is 1. The van der Waals surface area contributed by atoms with Crippen LogP contribution in [0.25, 0.3) is 6.08 Å². The summed E-state index contributed by atoms with van der Waals surface area (Å²) >= 11 is 1.04. The second-order valence-electron chi connectivity index (χ2n) is 8.40. The number of para-hydroxylation sites is 1. The number of aliphatic hydroxyl groups is 1. The molecule has 4 rings (SSSR count). The molecule has 1 heterocycles. The maximum absolute atomic E-state index is 12.9. The van der Waals surface area contributed by atoms with Gasteiger partial charge in [-0.3, -0.25) is 4.79 Å². The number of esters is 1. The Kier molecular flexibility index (Phi) is 8.25. The van der Waals surface area contributed by atoms with Gasteiger partial charge >= 0.3 is 5.97 Å². The number of nitrogens with zero attached hydrogens (tertiary/aromatic N) is 1. The number of ether oxygens (including phenoxy) is 2. The Hall–Kier alpha value is -4.10. The molecule has 6 nitrogen and oxygen atoms in total. The van der Waals surface area contributed by atoms with Crippen LogP contribution in [0.1, 0.15) is 39.5 Å². The molecule has 0 unspecified atom stereocenters. The average molecular weight is 514 g/mol. The van der Waals surface area contributed by atoms with Crippen molar-refractivity contribution in [1.29, 1.82) is 0 Å². The highest BCUT2D eigenvalue weighted by atomic mass is 32.2. The molecule has 3 aromatic carbocycles. The number of aryl methyl sites for hydroxylation is 2. The van der Waals surface area contributed by atoms with E-state index in [2.05, 4.69) is 4.99 Å². The van der Waals surface area contributed by atoms with Crippen LogP contribution in [0, 0.1) is 13.8 Å². The van der Waals surface area contributed by atoms with Crippen molar-refractivity contribution in [2.45, 2.75) is 27.4 Å². The van der Waals surface area contributed by atoms with Crippen LogP contribution in [0.5, 0.6) is 5.75 Å². The summed E-state index contributed by atoms with van der Waals surface area (Å²) in [6.45, 7) is 6.01. The predicted molar refractivity (Wildman–Crippen MR) is 147 cm³/mol. The van der Waals surface area contributed by atoms with E-state index in [9.17, 15) is 14.7 Å². The Balaban J connectivity index is 1.66.